The van der Waals surface area contributed by atoms with E-state index in [-0.39, 0.29) is 23.9 Å². The van der Waals surface area contributed by atoms with Gasteiger partial charge in [0.1, 0.15) is 12.1 Å². The zero-order valence-corrected chi connectivity index (χ0v) is 12.8. The Morgan fingerprint density at radius 1 is 1.38 bits per heavy atom. The van der Waals surface area contributed by atoms with Crippen LogP contribution in [0.2, 0.25) is 0 Å². The molecule has 0 spiro atoms. The summed E-state index contributed by atoms with van der Waals surface area (Å²) >= 11 is 0. The molecule has 2 amide bonds. The van der Waals surface area contributed by atoms with E-state index in [0.717, 1.165) is 24.2 Å². The van der Waals surface area contributed by atoms with Crippen molar-refractivity contribution in [1.29, 1.82) is 0 Å². The van der Waals surface area contributed by atoms with Crippen LogP contribution >= 0.6 is 0 Å². The van der Waals surface area contributed by atoms with Gasteiger partial charge in [-0.3, -0.25) is 14.3 Å². The molecule has 114 valence electrons. The van der Waals surface area contributed by atoms with E-state index in [0.29, 0.717) is 18.9 Å². The Morgan fingerprint density at radius 3 is 2.62 bits per heavy atom. The lowest BCUT2D eigenvalue weighted by Crippen LogP contribution is -2.63. The third-order valence-corrected chi connectivity index (χ3v) is 4.44. The minimum atomic E-state index is -0.372. The number of carbonyl (C=O) groups is 2. The second-order valence-electron chi connectivity index (χ2n) is 6.11. The van der Waals surface area contributed by atoms with Gasteiger partial charge >= 0.3 is 0 Å². The molecule has 21 heavy (non-hydrogen) atoms. The zero-order chi connectivity index (χ0) is 15.1. The molecule has 2 aliphatic rings. The average molecular weight is 290 g/mol. The number of rotatable bonds is 4. The standard InChI is InChI=1S/C15H22N4O2/c1-4-12-14(20)16-13(10-5-6-10)15(21)19(12)8-11-7-9(2)17-18(11)3/h7,10,12-13H,4-6,8H2,1-3H3,(H,16,20). The molecule has 2 fully saturated rings. The first-order valence-electron chi connectivity index (χ1n) is 7.61. The van der Waals surface area contributed by atoms with E-state index in [1.807, 2.05) is 27.0 Å². The third kappa shape index (κ3) is 2.54. The highest BCUT2D eigenvalue weighted by Crippen LogP contribution is 2.35. The zero-order valence-electron chi connectivity index (χ0n) is 12.8. The molecular weight excluding hydrogens is 268 g/mol. The molecule has 1 saturated carbocycles. The first-order chi connectivity index (χ1) is 10.0. The van der Waals surface area contributed by atoms with Crippen LogP contribution in [0.15, 0.2) is 6.07 Å². The predicted molar refractivity (Wildman–Crippen MR) is 77.2 cm³/mol. The molecular formula is C15H22N4O2. The molecule has 0 aromatic carbocycles. The smallest absolute Gasteiger partial charge is 0.246 e. The molecule has 1 aliphatic heterocycles. The molecule has 1 N–H and O–H groups in total. The monoisotopic (exact) mass is 290 g/mol. The van der Waals surface area contributed by atoms with Crippen LogP contribution in [0.5, 0.6) is 0 Å². The fraction of sp³-hybridized carbons (Fsp3) is 0.667. The number of piperazine rings is 1. The number of carbonyl (C=O) groups excluding carboxylic acids is 2. The highest BCUT2D eigenvalue weighted by Gasteiger charge is 2.46. The van der Waals surface area contributed by atoms with Crippen molar-refractivity contribution in [2.24, 2.45) is 13.0 Å². The summed E-state index contributed by atoms with van der Waals surface area (Å²) in [4.78, 5) is 26.7. The highest BCUT2D eigenvalue weighted by atomic mass is 16.2. The highest BCUT2D eigenvalue weighted by molar-refractivity contribution is 5.97. The van der Waals surface area contributed by atoms with E-state index in [1.165, 1.54) is 0 Å². The Morgan fingerprint density at radius 2 is 2.10 bits per heavy atom. The lowest BCUT2D eigenvalue weighted by Gasteiger charge is -2.38. The Bertz CT molecular complexity index is 576. The first kappa shape index (κ1) is 14.1. The molecule has 6 heteroatoms. The molecule has 3 rings (SSSR count). The van der Waals surface area contributed by atoms with Gasteiger partial charge in [0.2, 0.25) is 11.8 Å². The average Bonchev–Trinajstić information content (AvgIpc) is 3.21. The SMILES string of the molecule is CCC1C(=O)NC(C2CC2)C(=O)N1Cc1cc(C)nn1C. The predicted octanol–water partition coefficient (Wildman–Crippen LogP) is 0.744. The van der Waals surface area contributed by atoms with Crippen LogP contribution in [0, 0.1) is 12.8 Å². The van der Waals surface area contributed by atoms with Crippen molar-refractivity contribution < 1.29 is 9.59 Å². The van der Waals surface area contributed by atoms with Gasteiger partial charge in [0, 0.05) is 7.05 Å². The second kappa shape index (κ2) is 5.16. The van der Waals surface area contributed by atoms with E-state index in [9.17, 15) is 9.59 Å². The quantitative estimate of drug-likeness (QED) is 0.889. The summed E-state index contributed by atoms with van der Waals surface area (Å²) in [7, 11) is 1.87. The number of nitrogens with one attached hydrogen (secondary N) is 1. The van der Waals surface area contributed by atoms with Gasteiger partial charge < -0.3 is 10.2 Å². The molecule has 1 aromatic rings. The number of nitrogens with zero attached hydrogens (tertiary/aromatic N) is 3. The van der Waals surface area contributed by atoms with Crippen LogP contribution in [0.25, 0.3) is 0 Å². The van der Waals surface area contributed by atoms with Crippen LogP contribution in [-0.4, -0.2) is 38.6 Å². The molecule has 6 nitrogen and oxygen atoms in total. The maximum Gasteiger partial charge on any atom is 0.246 e. The van der Waals surface area contributed by atoms with Gasteiger partial charge in [0.25, 0.3) is 0 Å². The fourth-order valence-electron chi connectivity index (χ4n) is 3.11. The molecule has 0 radical (unpaired) electrons. The van der Waals surface area contributed by atoms with E-state index in [1.54, 1.807) is 9.58 Å². The summed E-state index contributed by atoms with van der Waals surface area (Å²) in [5.74, 6) is 0.366. The largest absolute Gasteiger partial charge is 0.342 e. The van der Waals surface area contributed by atoms with Gasteiger partial charge in [-0.25, -0.2) is 0 Å². The number of hydrogen-bond acceptors (Lipinski definition) is 3. The number of hydrogen-bond donors (Lipinski definition) is 1. The molecule has 2 unspecified atom stereocenters. The summed E-state index contributed by atoms with van der Waals surface area (Å²) in [6.45, 7) is 4.32. The van der Waals surface area contributed by atoms with Crippen LogP contribution in [0.4, 0.5) is 0 Å². The minimum Gasteiger partial charge on any atom is -0.342 e. The molecule has 1 aliphatic carbocycles. The summed E-state index contributed by atoms with van der Waals surface area (Å²) in [5, 5.41) is 7.23. The lowest BCUT2D eigenvalue weighted by molar-refractivity contribution is -0.150. The molecule has 0 bridgehead atoms. The van der Waals surface area contributed by atoms with Crippen LogP contribution in [-0.2, 0) is 23.2 Å². The van der Waals surface area contributed by atoms with Crippen molar-refractivity contribution in [3.63, 3.8) is 0 Å². The molecule has 1 saturated heterocycles. The Hall–Kier alpha value is -1.85. The van der Waals surface area contributed by atoms with E-state index in [4.69, 9.17) is 0 Å². The minimum absolute atomic E-state index is 0.0205. The second-order valence-corrected chi connectivity index (χ2v) is 6.11. The summed E-state index contributed by atoms with van der Waals surface area (Å²) in [6.07, 6.45) is 2.70. The van der Waals surface area contributed by atoms with E-state index >= 15 is 0 Å². The topological polar surface area (TPSA) is 67.2 Å². The molecule has 2 heterocycles. The maximum atomic E-state index is 12.7. The summed E-state index contributed by atoms with van der Waals surface area (Å²) in [5.41, 5.74) is 1.89. The van der Waals surface area contributed by atoms with Crippen molar-refractivity contribution in [2.75, 3.05) is 0 Å². The van der Waals surface area contributed by atoms with Gasteiger partial charge in [-0.1, -0.05) is 6.92 Å². The van der Waals surface area contributed by atoms with Gasteiger partial charge in [0.15, 0.2) is 0 Å². The number of aryl methyl sites for hydroxylation is 2. The Labute approximate surface area is 124 Å². The van der Waals surface area contributed by atoms with Gasteiger partial charge in [-0.15, -0.1) is 0 Å². The normalized spacial score (nSPS) is 26.1. The Kier molecular flexibility index (Phi) is 3.47. The van der Waals surface area contributed by atoms with Crippen LogP contribution < -0.4 is 5.32 Å². The maximum absolute atomic E-state index is 12.7. The molecule has 2 atom stereocenters. The number of amides is 2. The summed E-state index contributed by atoms with van der Waals surface area (Å²) < 4.78 is 1.79. The van der Waals surface area contributed by atoms with Crippen molar-refractivity contribution >= 4 is 11.8 Å². The van der Waals surface area contributed by atoms with Crippen molar-refractivity contribution in [2.45, 2.75) is 51.7 Å². The van der Waals surface area contributed by atoms with Crippen molar-refractivity contribution in [3.8, 4) is 0 Å². The van der Waals surface area contributed by atoms with Crippen molar-refractivity contribution in [3.05, 3.63) is 17.5 Å². The fourth-order valence-corrected chi connectivity index (χ4v) is 3.11. The van der Waals surface area contributed by atoms with Crippen LogP contribution in [0.1, 0.15) is 37.6 Å². The van der Waals surface area contributed by atoms with E-state index in [2.05, 4.69) is 10.4 Å². The van der Waals surface area contributed by atoms with Gasteiger partial charge in [0.05, 0.1) is 17.9 Å². The first-order valence-corrected chi connectivity index (χ1v) is 7.61. The molecule has 1 aromatic heterocycles. The van der Waals surface area contributed by atoms with Gasteiger partial charge in [-0.2, -0.15) is 5.10 Å². The third-order valence-electron chi connectivity index (χ3n) is 4.44. The van der Waals surface area contributed by atoms with Crippen LogP contribution in [0.3, 0.4) is 0 Å². The van der Waals surface area contributed by atoms with E-state index < -0.39 is 0 Å². The van der Waals surface area contributed by atoms with Gasteiger partial charge in [-0.05, 0) is 38.2 Å². The van der Waals surface area contributed by atoms with Crippen molar-refractivity contribution in [1.82, 2.24) is 20.0 Å². The summed E-state index contributed by atoms with van der Waals surface area (Å²) in [6, 6.07) is 1.27. The Balaban J connectivity index is 1.86. The lowest BCUT2D eigenvalue weighted by atomic mass is 10.0. The number of aromatic nitrogens is 2.